The second kappa shape index (κ2) is 12.2. The summed E-state index contributed by atoms with van der Waals surface area (Å²) < 4.78 is 82.6. The van der Waals surface area contributed by atoms with Gasteiger partial charge in [0.1, 0.15) is 0 Å². The summed E-state index contributed by atoms with van der Waals surface area (Å²) in [5, 5.41) is 1.54. The topological polar surface area (TPSA) is 0 Å². The van der Waals surface area contributed by atoms with Gasteiger partial charge in [0.05, 0.1) is 0 Å². The molecule has 0 fully saturated rings. The Morgan fingerprint density at radius 3 is 1.80 bits per heavy atom. The Morgan fingerprint density at radius 1 is 0.610 bits per heavy atom. The fourth-order valence-corrected chi connectivity index (χ4v) is 5.42. The number of alkyl halides is 6. The summed E-state index contributed by atoms with van der Waals surface area (Å²) in [5.74, 6) is -0.382. The van der Waals surface area contributed by atoms with Crippen molar-refractivity contribution in [1.82, 2.24) is 0 Å². The Hall–Kier alpha value is -2.74. The molecule has 1 aliphatic carbocycles. The van der Waals surface area contributed by atoms with Crippen LogP contribution < -0.4 is 24.8 Å². The number of halogens is 8. The van der Waals surface area contributed by atoms with E-state index in [0.717, 1.165) is 45.2 Å². The van der Waals surface area contributed by atoms with Crippen molar-refractivity contribution in [2.45, 2.75) is 18.3 Å². The third kappa shape index (κ3) is 6.08. The van der Waals surface area contributed by atoms with E-state index >= 15 is 0 Å². The molecular formula is C32H19Cl2F6Hf-3. The smallest absolute Gasteiger partial charge is 0.415 e. The maximum atomic E-state index is 13.8. The van der Waals surface area contributed by atoms with Crippen LogP contribution in [0.25, 0.3) is 33.5 Å². The van der Waals surface area contributed by atoms with Crippen molar-refractivity contribution in [3.63, 3.8) is 0 Å². The van der Waals surface area contributed by atoms with Gasteiger partial charge in [0.25, 0.3) is 0 Å². The van der Waals surface area contributed by atoms with E-state index in [1.165, 1.54) is 0 Å². The van der Waals surface area contributed by atoms with Crippen LogP contribution in [-0.4, -0.2) is 0 Å². The van der Waals surface area contributed by atoms with Crippen LogP contribution in [0.3, 0.4) is 0 Å². The van der Waals surface area contributed by atoms with Gasteiger partial charge in [-0.05, 0) is 28.3 Å². The summed E-state index contributed by atoms with van der Waals surface area (Å²) in [5.41, 5.74) is 2.06. The summed E-state index contributed by atoms with van der Waals surface area (Å²) >= 11 is 0. The van der Waals surface area contributed by atoms with Crippen molar-refractivity contribution >= 4 is 22.4 Å². The largest absolute Gasteiger partial charge is 1.00 e. The Bertz CT molecular complexity index is 1670. The maximum Gasteiger partial charge on any atom is 0.415 e. The fourth-order valence-electron chi connectivity index (χ4n) is 5.42. The summed E-state index contributed by atoms with van der Waals surface area (Å²) in [4.78, 5) is 0. The van der Waals surface area contributed by atoms with Crippen LogP contribution in [0.2, 0.25) is 0 Å². The summed E-state index contributed by atoms with van der Waals surface area (Å²) in [6.07, 6.45) is -7.82. The van der Waals surface area contributed by atoms with E-state index in [4.69, 9.17) is 0 Å². The molecule has 0 heterocycles. The summed E-state index contributed by atoms with van der Waals surface area (Å²) in [6, 6.07) is 28.2. The molecule has 1 atom stereocenters. The molecule has 0 bridgehead atoms. The van der Waals surface area contributed by atoms with Gasteiger partial charge < -0.3 is 24.8 Å². The number of benzene rings is 4. The third-order valence-corrected chi connectivity index (χ3v) is 7.06. The third-order valence-electron chi connectivity index (χ3n) is 7.06. The van der Waals surface area contributed by atoms with E-state index in [0.29, 0.717) is 11.1 Å². The van der Waals surface area contributed by atoms with Gasteiger partial charge in [-0.15, -0.1) is 34.0 Å². The molecular weight excluding hydrogens is 748 g/mol. The number of rotatable bonds is 3. The van der Waals surface area contributed by atoms with Crippen molar-refractivity contribution in [2.75, 3.05) is 0 Å². The molecule has 6 rings (SSSR count). The minimum Gasteiger partial charge on any atom is -1.00 e. The molecule has 0 amide bonds. The fraction of sp³-hybridized carbons (Fsp3) is 0.0938. The van der Waals surface area contributed by atoms with Crippen molar-refractivity contribution in [3.05, 3.63) is 137 Å². The van der Waals surface area contributed by atoms with Gasteiger partial charge in [-0.1, -0.05) is 96.6 Å². The van der Waals surface area contributed by atoms with Crippen molar-refractivity contribution in [2.24, 2.45) is 0 Å². The zero-order chi connectivity index (χ0) is 26.7. The Balaban J connectivity index is 0.00000154. The molecule has 0 N–H and O–H groups in total. The molecule has 0 aromatic heterocycles. The molecule has 0 radical (unpaired) electrons. The van der Waals surface area contributed by atoms with Crippen LogP contribution in [0.4, 0.5) is 26.3 Å². The van der Waals surface area contributed by atoms with E-state index < -0.39 is 23.5 Å². The molecule has 0 saturated heterocycles. The van der Waals surface area contributed by atoms with Gasteiger partial charge in [0.15, 0.2) is 0 Å². The van der Waals surface area contributed by atoms with Gasteiger partial charge in [0, 0.05) is 42.9 Å². The second-order valence-corrected chi connectivity index (χ2v) is 9.38. The molecule has 41 heavy (non-hydrogen) atoms. The molecule has 0 nitrogen and oxygen atoms in total. The van der Waals surface area contributed by atoms with E-state index in [1.54, 1.807) is 12.1 Å². The molecule has 5 aromatic rings. The number of allylic oxidation sites excluding steroid dienone is 1. The van der Waals surface area contributed by atoms with Crippen molar-refractivity contribution in [3.8, 4) is 11.1 Å². The molecule has 1 unspecified atom stereocenters. The monoisotopic (exact) mass is 767 g/mol. The Morgan fingerprint density at radius 2 is 1.17 bits per heavy atom. The number of fused-ring (bicyclic) bond motifs is 2. The quantitative estimate of drug-likeness (QED) is 0.149. The first-order valence-electron chi connectivity index (χ1n) is 12.0. The zero-order valence-corrected chi connectivity index (χ0v) is 26.1. The van der Waals surface area contributed by atoms with E-state index in [-0.39, 0.29) is 68.2 Å². The predicted octanol–water partition coefficient (Wildman–Crippen LogP) is 3.95. The first-order chi connectivity index (χ1) is 18.1. The van der Waals surface area contributed by atoms with Crippen LogP contribution in [0.15, 0.2) is 103 Å². The number of hydrogen-bond donors (Lipinski definition) is 0. The molecule has 9 heteroatoms. The van der Waals surface area contributed by atoms with Crippen LogP contribution >= 0.6 is 0 Å². The Kier molecular flexibility index (Phi) is 9.78. The summed E-state index contributed by atoms with van der Waals surface area (Å²) in [7, 11) is 0. The zero-order valence-electron chi connectivity index (χ0n) is 21.0. The minimum absolute atomic E-state index is 0. The average molecular weight is 767 g/mol. The van der Waals surface area contributed by atoms with E-state index in [2.05, 4.69) is 0 Å². The minimum atomic E-state index is -4.93. The van der Waals surface area contributed by atoms with E-state index in [9.17, 15) is 26.3 Å². The standard InChI is InChI=1S/C32H19F6.2ClH.Hf/c33-31(34,35)23-14-22(15-24(18-23)32(36,37)38)28-17-21-11-5-7-13-26(21)30(28)29-25-12-6-4-10-20(25)16-27(29)19-8-2-1-3-9-19;;;/h1-18,29H;2*1H;/q-1;;;/p-2. The maximum absolute atomic E-state index is 13.8. The van der Waals surface area contributed by atoms with Gasteiger partial charge in [-0.3, -0.25) is 0 Å². The molecule has 0 spiro atoms. The molecule has 0 aliphatic heterocycles. The second-order valence-electron chi connectivity index (χ2n) is 9.38. The van der Waals surface area contributed by atoms with Gasteiger partial charge in [-0.2, -0.15) is 26.3 Å². The van der Waals surface area contributed by atoms with Crippen LogP contribution in [0, 0.1) is 0 Å². The number of hydrogen-bond acceptors (Lipinski definition) is 0. The molecule has 1 aliphatic rings. The van der Waals surface area contributed by atoms with E-state index in [1.807, 2.05) is 78.9 Å². The summed E-state index contributed by atoms with van der Waals surface area (Å²) in [6.45, 7) is 0. The normalized spacial score (nSPS) is 14.4. The molecule has 0 saturated carbocycles. The van der Waals surface area contributed by atoms with Gasteiger partial charge in [-0.25, -0.2) is 0 Å². The molecule has 5 aromatic carbocycles. The van der Waals surface area contributed by atoms with Crippen molar-refractivity contribution in [1.29, 1.82) is 0 Å². The van der Waals surface area contributed by atoms with Gasteiger partial charge >= 0.3 is 12.4 Å². The van der Waals surface area contributed by atoms with Crippen LogP contribution in [-0.2, 0) is 38.2 Å². The predicted molar refractivity (Wildman–Crippen MR) is 138 cm³/mol. The SMILES string of the molecule is FC(F)(F)c1cc(-c2[cH-]c3ccccc3c2C2C(c3ccccc3)=Cc3ccccc32)cc(C(F)(F)F)c1.[Cl-].[Cl-].[Hf]. The Labute approximate surface area is 264 Å². The van der Waals surface area contributed by atoms with Crippen LogP contribution in [0.1, 0.15) is 39.3 Å². The van der Waals surface area contributed by atoms with Gasteiger partial charge in [0.2, 0.25) is 0 Å². The average Bonchev–Trinajstić information content (AvgIpc) is 3.46. The first kappa shape index (κ1) is 32.8. The van der Waals surface area contributed by atoms with Crippen molar-refractivity contribution < 1.29 is 77.0 Å². The van der Waals surface area contributed by atoms with Crippen LogP contribution in [0.5, 0.6) is 0 Å². The first-order valence-corrected chi connectivity index (χ1v) is 12.0. The molecule has 210 valence electrons.